The number of aromatic nitrogens is 5. The lowest BCUT2D eigenvalue weighted by Gasteiger charge is -2.14. The topological polar surface area (TPSA) is 70.2 Å². The minimum Gasteiger partial charge on any atom is -0.346 e. The standard InChI is InChI=1S/C22H19N5/c1-13(2)20-19(18-8-15-4-6-24-22(15)27-12-18)9-17(10-25-20)16-7-14-3-5-23-21(14)26-11-16/h3-13H,1-2H3,(H,23,26)(H,24,27). The Labute approximate surface area is 156 Å². The van der Waals surface area contributed by atoms with Crippen LogP contribution in [0.15, 0.2) is 61.3 Å². The Balaban J connectivity index is 1.69. The van der Waals surface area contributed by atoms with Crippen molar-refractivity contribution in [3.05, 3.63) is 67.0 Å². The molecule has 2 N–H and O–H groups in total. The Morgan fingerprint density at radius 2 is 1.26 bits per heavy atom. The molecule has 0 bridgehead atoms. The average molecular weight is 353 g/mol. The number of pyridine rings is 3. The van der Waals surface area contributed by atoms with Crippen LogP contribution in [0, 0.1) is 0 Å². The molecule has 27 heavy (non-hydrogen) atoms. The third-order valence-electron chi connectivity index (χ3n) is 4.91. The second-order valence-electron chi connectivity index (χ2n) is 7.09. The maximum Gasteiger partial charge on any atom is 0.137 e. The summed E-state index contributed by atoms with van der Waals surface area (Å²) in [5.74, 6) is 0.321. The highest BCUT2D eigenvalue weighted by Gasteiger charge is 2.14. The van der Waals surface area contributed by atoms with Gasteiger partial charge in [0.15, 0.2) is 0 Å². The van der Waals surface area contributed by atoms with Crippen molar-refractivity contribution in [3.63, 3.8) is 0 Å². The summed E-state index contributed by atoms with van der Waals surface area (Å²) < 4.78 is 0. The van der Waals surface area contributed by atoms with Crippen LogP contribution in [0.2, 0.25) is 0 Å². The highest BCUT2D eigenvalue weighted by molar-refractivity contribution is 5.85. The van der Waals surface area contributed by atoms with E-state index in [4.69, 9.17) is 4.98 Å². The van der Waals surface area contributed by atoms with Crippen LogP contribution in [0.25, 0.3) is 44.3 Å². The molecule has 0 unspecified atom stereocenters. The van der Waals surface area contributed by atoms with Crippen LogP contribution in [0.3, 0.4) is 0 Å². The van der Waals surface area contributed by atoms with Crippen LogP contribution in [0.5, 0.6) is 0 Å². The fourth-order valence-electron chi connectivity index (χ4n) is 3.51. The fraction of sp³-hybridized carbons (Fsp3) is 0.136. The lowest BCUT2D eigenvalue weighted by atomic mass is 9.95. The molecule has 0 spiro atoms. The molecule has 0 aliphatic rings. The maximum absolute atomic E-state index is 4.80. The first-order chi connectivity index (χ1) is 13.2. The zero-order valence-corrected chi connectivity index (χ0v) is 15.2. The van der Waals surface area contributed by atoms with E-state index in [2.05, 4.69) is 52.0 Å². The number of hydrogen-bond donors (Lipinski definition) is 2. The molecule has 0 fully saturated rings. The number of rotatable bonds is 3. The number of fused-ring (bicyclic) bond motifs is 2. The number of aromatic amines is 2. The molecule has 5 aromatic heterocycles. The molecule has 0 atom stereocenters. The molecular weight excluding hydrogens is 334 g/mol. The Bertz CT molecular complexity index is 1260. The summed E-state index contributed by atoms with van der Waals surface area (Å²) in [7, 11) is 0. The molecule has 5 heterocycles. The highest BCUT2D eigenvalue weighted by atomic mass is 14.8. The van der Waals surface area contributed by atoms with Gasteiger partial charge in [0.05, 0.1) is 5.69 Å². The Morgan fingerprint density at radius 3 is 1.93 bits per heavy atom. The predicted molar refractivity (Wildman–Crippen MR) is 109 cm³/mol. The Hall–Kier alpha value is -3.47. The van der Waals surface area contributed by atoms with E-state index in [0.717, 1.165) is 50.0 Å². The third-order valence-corrected chi connectivity index (χ3v) is 4.91. The SMILES string of the molecule is CC(C)c1ncc(-c2cnc3[nH]ccc3c2)cc1-c1cnc2[nH]ccc2c1. The molecule has 0 saturated carbocycles. The largest absolute Gasteiger partial charge is 0.346 e. The monoisotopic (exact) mass is 353 g/mol. The van der Waals surface area contributed by atoms with Gasteiger partial charge in [0, 0.05) is 64.0 Å². The Kier molecular flexibility index (Phi) is 3.53. The van der Waals surface area contributed by atoms with Crippen molar-refractivity contribution in [2.24, 2.45) is 0 Å². The van der Waals surface area contributed by atoms with E-state index in [-0.39, 0.29) is 0 Å². The van der Waals surface area contributed by atoms with Crippen molar-refractivity contribution in [2.75, 3.05) is 0 Å². The summed E-state index contributed by atoms with van der Waals surface area (Å²) in [4.78, 5) is 20.1. The van der Waals surface area contributed by atoms with Crippen LogP contribution >= 0.6 is 0 Å². The maximum atomic E-state index is 4.80. The first-order valence-corrected chi connectivity index (χ1v) is 9.06. The molecule has 0 aliphatic heterocycles. The van der Waals surface area contributed by atoms with Crippen molar-refractivity contribution in [2.45, 2.75) is 19.8 Å². The lowest BCUT2D eigenvalue weighted by Crippen LogP contribution is -1.98. The van der Waals surface area contributed by atoms with E-state index >= 15 is 0 Å². The minimum absolute atomic E-state index is 0.321. The van der Waals surface area contributed by atoms with Crippen molar-refractivity contribution in [3.8, 4) is 22.3 Å². The van der Waals surface area contributed by atoms with Crippen molar-refractivity contribution < 1.29 is 0 Å². The summed E-state index contributed by atoms with van der Waals surface area (Å²) in [6.07, 6.45) is 9.57. The molecule has 0 saturated heterocycles. The predicted octanol–water partition coefficient (Wildman–Crippen LogP) is 5.29. The van der Waals surface area contributed by atoms with E-state index in [1.165, 1.54) is 0 Å². The molecule has 0 amide bonds. The van der Waals surface area contributed by atoms with Gasteiger partial charge in [0.25, 0.3) is 0 Å². The van der Waals surface area contributed by atoms with Gasteiger partial charge in [-0.05, 0) is 36.2 Å². The van der Waals surface area contributed by atoms with Crippen molar-refractivity contribution >= 4 is 22.1 Å². The van der Waals surface area contributed by atoms with Gasteiger partial charge in [-0.2, -0.15) is 0 Å². The van der Waals surface area contributed by atoms with Gasteiger partial charge in [-0.25, -0.2) is 9.97 Å². The average Bonchev–Trinajstić information content (AvgIpc) is 3.35. The van der Waals surface area contributed by atoms with Crippen LogP contribution in [-0.2, 0) is 0 Å². The summed E-state index contributed by atoms with van der Waals surface area (Å²) in [6, 6.07) is 10.6. The van der Waals surface area contributed by atoms with Crippen molar-refractivity contribution in [1.29, 1.82) is 0 Å². The zero-order chi connectivity index (χ0) is 18.4. The van der Waals surface area contributed by atoms with E-state index in [9.17, 15) is 0 Å². The quantitative estimate of drug-likeness (QED) is 0.463. The van der Waals surface area contributed by atoms with Gasteiger partial charge < -0.3 is 9.97 Å². The van der Waals surface area contributed by atoms with Gasteiger partial charge in [0.2, 0.25) is 0 Å². The van der Waals surface area contributed by atoms with E-state index in [1.807, 2.05) is 43.1 Å². The first kappa shape index (κ1) is 15.8. The molecule has 5 aromatic rings. The summed E-state index contributed by atoms with van der Waals surface area (Å²) in [6.45, 7) is 4.34. The normalized spacial score (nSPS) is 11.7. The van der Waals surface area contributed by atoms with Crippen LogP contribution in [0.1, 0.15) is 25.5 Å². The summed E-state index contributed by atoms with van der Waals surface area (Å²) in [5, 5.41) is 2.19. The van der Waals surface area contributed by atoms with Gasteiger partial charge in [-0.1, -0.05) is 13.8 Å². The molecular formula is C22H19N5. The number of H-pyrrole nitrogens is 2. The molecule has 132 valence electrons. The van der Waals surface area contributed by atoms with Gasteiger partial charge >= 0.3 is 0 Å². The van der Waals surface area contributed by atoms with E-state index in [0.29, 0.717) is 5.92 Å². The number of nitrogens with one attached hydrogen (secondary N) is 2. The van der Waals surface area contributed by atoms with Crippen LogP contribution in [-0.4, -0.2) is 24.9 Å². The molecule has 5 rings (SSSR count). The van der Waals surface area contributed by atoms with Gasteiger partial charge in [0.1, 0.15) is 11.3 Å². The van der Waals surface area contributed by atoms with Crippen LogP contribution in [0.4, 0.5) is 0 Å². The number of hydrogen-bond acceptors (Lipinski definition) is 3. The summed E-state index contributed by atoms with van der Waals surface area (Å²) in [5.41, 5.74) is 7.18. The smallest absolute Gasteiger partial charge is 0.137 e. The molecule has 0 aliphatic carbocycles. The lowest BCUT2D eigenvalue weighted by molar-refractivity contribution is 0.826. The second-order valence-corrected chi connectivity index (χ2v) is 7.09. The third kappa shape index (κ3) is 2.68. The molecule has 0 aromatic carbocycles. The molecule has 5 heteroatoms. The zero-order valence-electron chi connectivity index (χ0n) is 15.2. The minimum atomic E-state index is 0.321. The van der Waals surface area contributed by atoms with Crippen molar-refractivity contribution in [1.82, 2.24) is 24.9 Å². The second kappa shape index (κ2) is 6.06. The number of nitrogens with zero attached hydrogens (tertiary/aromatic N) is 3. The molecule has 0 radical (unpaired) electrons. The van der Waals surface area contributed by atoms with Crippen LogP contribution < -0.4 is 0 Å². The van der Waals surface area contributed by atoms with E-state index < -0.39 is 0 Å². The van der Waals surface area contributed by atoms with Gasteiger partial charge in [-0.3, -0.25) is 4.98 Å². The summed E-state index contributed by atoms with van der Waals surface area (Å²) >= 11 is 0. The first-order valence-electron chi connectivity index (χ1n) is 9.06. The Morgan fingerprint density at radius 1 is 0.704 bits per heavy atom. The molecule has 5 nitrogen and oxygen atoms in total. The van der Waals surface area contributed by atoms with Gasteiger partial charge in [-0.15, -0.1) is 0 Å². The fourth-order valence-corrected chi connectivity index (χ4v) is 3.51. The van der Waals surface area contributed by atoms with E-state index in [1.54, 1.807) is 0 Å². The highest BCUT2D eigenvalue weighted by Crippen LogP contribution is 2.33.